The summed E-state index contributed by atoms with van der Waals surface area (Å²) < 4.78 is 27.8. The minimum Gasteiger partial charge on any atom is -0.352 e. The number of nitrogens with one attached hydrogen (secondary N) is 3. The standard InChI is InChI=1S/C18H26N4O3S/c1-12(2)11-19-18(23)15-6-5-7-17(10-15)26(24,25)22-14(4)9-16-8-13(3)20-21-16/h5-8,10,12,14,22H,9,11H2,1-4H3,(H,19,23)(H,20,21)/t14-/m0/s1. The van der Waals surface area contributed by atoms with Crippen molar-refractivity contribution in [2.24, 2.45) is 5.92 Å². The van der Waals surface area contributed by atoms with E-state index in [-0.39, 0.29) is 16.8 Å². The lowest BCUT2D eigenvalue weighted by Crippen LogP contribution is -2.34. The van der Waals surface area contributed by atoms with Crippen LogP contribution in [0.1, 0.15) is 42.5 Å². The first-order valence-electron chi connectivity index (χ1n) is 8.59. The smallest absolute Gasteiger partial charge is 0.251 e. The molecule has 0 saturated carbocycles. The van der Waals surface area contributed by atoms with Gasteiger partial charge in [-0.3, -0.25) is 9.89 Å². The molecule has 1 aromatic carbocycles. The van der Waals surface area contributed by atoms with E-state index >= 15 is 0 Å². The number of amides is 1. The first kappa shape index (κ1) is 20.1. The van der Waals surface area contributed by atoms with Gasteiger partial charge in [-0.1, -0.05) is 19.9 Å². The number of hydrogen-bond acceptors (Lipinski definition) is 4. The van der Waals surface area contributed by atoms with Crippen LogP contribution in [0.3, 0.4) is 0 Å². The molecule has 0 aliphatic heterocycles. The lowest BCUT2D eigenvalue weighted by molar-refractivity contribution is 0.0949. The zero-order chi connectivity index (χ0) is 19.3. The van der Waals surface area contributed by atoms with E-state index in [1.54, 1.807) is 19.1 Å². The van der Waals surface area contributed by atoms with Crippen molar-refractivity contribution in [2.75, 3.05) is 6.54 Å². The molecule has 2 rings (SSSR count). The molecule has 8 heteroatoms. The maximum Gasteiger partial charge on any atom is 0.251 e. The number of aromatic amines is 1. The predicted octanol–water partition coefficient (Wildman–Crippen LogP) is 2.01. The summed E-state index contributed by atoms with van der Waals surface area (Å²) in [7, 11) is -3.73. The molecule has 7 nitrogen and oxygen atoms in total. The van der Waals surface area contributed by atoms with Crippen LogP contribution in [-0.2, 0) is 16.4 Å². The van der Waals surface area contributed by atoms with Gasteiger partial charge >= 0.3 is 0 Å². The zero-order valence-electron chi connectivity index (χ0n) is 15.5. The van der Waals surface area contributed by atoms with Crippen molar-refractivity contribution in [3.05, 3.63) is 47.3 Å². The summed E-state index contributed by atoms with van der Waals surface area (Å²) in [6.45, 7) is 8.19. The molecule has 1 amide bonds. The Morgan fingerprint density at radius 3 is 2.58 bits per heavy atom. The molecular formula is C18H26N4O3S. The van der Waals surface area contributed by atoms with Gasteiger partial charge in [0.25, 0.3) is 5.91 Å². The van der Waals surface area contributed by atoms with Gasteiger partial charge in [0.2, 0.25) is 10.0 Å². The third kappa shape index (κ3) is 5.67. The molecule has 2 aromatic rings. The number of H-pyrrole nitrogens is 1. The molecule has 1 aromatic heterocycles. The van der Waals surface area contributed by atoms with Crippen LogP contribution < -0.4 is 10.0 Å². The second-order valence-corrected chi connectivity index (χ2v) is 8.61. The summed E-state index contributed by atoms with van der Waals surface area (Å²) >= 11 is 0. The van der Waals surface area contributed by atoms with Crippen molar-refractivity contribution in [2.45, 2.75) is 45.1 Å². The Kier molecular flexibility index (Phi) is 6.55. The van der Waals surface area contributed by atoms with Gasteiger partial charge in [0.15, 0.2) is 0 Å². The van der Waals surface area contributed by atoms with E-state index in [0.717, 1.165) is 11.4 Å². The number of benzene rings is 1. The van der Waals surface area contributed by atoms with Crippen molar-refractivity contribution in [3.63, 3.8) is 0 Å². The maximum absolute atomic E-state index is 12.6. The van der Waals surface area contributed by atoms with Crippen LogP contribution in [0.4, 0.5) is 0 Å². The number of nitrogens with zero attached hydrogens (tertiary/aromatic N) is 1. The third-order valence-corrected chi connectivity index (χ3v) is 5.30. The van der Waals surface area contributed by atoms with Gasteiger partial charge in [0, 0.05) is 30.3 Å². The largest absolute Gasteiger partial charge is 0.352 e. The highest BCUT2D eigenvalue weighted by atomic mass is 32.2. The third-order valence-electron chi connectivity index (χ3n) is 3.71. The number of aryl methyl sites for hydroxylation is 1. The van der Waals surface area contributed by atoms with Crippen LogP contribution in [0.15, 0.2) is 35.2 Å². The Balaban J connectivity index is 2.08. The van der Waals surface area contributed by atoms with Gasteiger partial charge in [-0.15, -0.1) is 0 Å². The van der Waals surface area contributed by atoms with Crippen LogP contribution >= 0.6 is 0 Å². The van der Waals surface area contributed by atoms with Gasteiger partial charge in [-0.25, -0.2) is 13.1 Å². The normalized spacial score (nSPS) is 13.0. The lowest BCUT2D eigenvalue weighted by Gasteiger charge is -2.14. The number of rotatable bonds is 8. The van der Waals surface area contributed by atoms with E-state index in [9.17, 15) is 13.2 Å². The minimum atomic E-state index is -3.73. The second-order valence-electron chi connectivity index (χ2n) is 6.90. The first-order chi connectivity index (χ1) is 12.2. The molecule has 0 radical (unpaired) electrons. The fraction of sp³-hybridized carbons (Fsp3) is 0.444. The fourth-order valence-electron chi connectivity index (χ4n) is 2.47. The molecule has 142 valence electrons. The topological polar surface area (TPSA) is 104 Å². The summed E-state index contributed by atoms with van der Waals surface area (Å²) in [5.41, 5.74) is 2.04. The molecule has 0 bridgehead atoms. The van der Waals surface area contributed by atoms with Gasteiger partial charge in [-0.2, -0.15) is 5.10 Å². The van der Waals surface area contributed by atoms with E-state index in [4.69, 9.17) is 0 Å². The van der Waals surface area contributed by atoms with Crippen molar-refractivity contribution < 1.29 is 13.2 Å². The molecule has 0 unspecified atom stereocenters. The number of carbonyl (C=O) groups excluding carboxylic acids is 1. The average molecular weight is 378 g/mol. The van der Waals surface area contributed by atoms with E-state index in [0.29, 0.717) is 24.4 Å². The van der Waals surface area contributed by atoms with Crippen LogP contribution in [0.25, 0.3) is 0 Å². The van der Waals surface area contributed by atoms with Crippen LogP contribution in [0.5, 0.6) is 0 Å². The Bertz CT molecular complexity index is 859. The van der Waals surface area contributed by atoms with Gasteiger partial charge in [-0.05, 0) is 44.0 Å². The highest BCUT2D eigenvalue weighted by Gasteiger charge is 2.19. The van der Waals surface area contributed by atoms with E-state index in [1.807, 2.05) is 26.8 Å². The number of hydrogen-bond donors (Lipinski definition) is 3. The van der Waals surface area contributed by atoms with Crippen LogP contribution in [0, 0.1) is 12.8 Å². The Morgan fingerprint density at radius 2 is 1.96 bits per heavy atom. The van der Waals surface area contributed by atoms with Crippen molar-refractivity contribution in [1.82, 2.24) is 20.2 Å². The lowest BCUT2D eigenvalue weighted by atomic mass is 10.2. The summed E-state index contributed by atoms with van der Waals surface area (Å²) in [4.78, 5) is 12.2. The van der Waals surface area contributed by atoms with Crippen molar-refractivity contribution in [1.29, 1.82) is 0 Å². The summed E-state index contributed by atoms with van der Waals surface area (Å²) in [5, 5.41) is 9.74. The highest BCUT2D eigenvalue weighted by Crippen LogP contribution is 2.13. The van der Waals surface area contributed by atoms with E-state index < -0.39 is 10.0 Å². The predicted molar refractivity (Wildman–Crippen MR) is 100 cm³/mol. The molecule has 0 spiro atoms. The molecule has 3 N–H and O–H groups in total. The van der Waals surface area contributed by atoms with Crippen molar-refractivity contribution in [3.8, 4) is 0 Å². The van der Waals surface area contributed by atoms with Crippen molar-refractivity contribution >= 4 is 15.9 Å². The molecule has 0 fully saturated rings. The summed E-state index contributed by atoms with van der Waals surface area (Å²) in [6, 6.07) is 7.59. The van der Waals surface area contributed by atoms with Crippen LogP contribution in [-0.4, -0.2) is 37.1 Å². The van der Waals surface area contributed by atoms with E-state index in [2.05, 4.69) is 20.2 Å². The van der Waals surface area contributed by atoms with E-state index in [1.165, 1.54) is 12.1 Å². The summed E-state index contributed by atoms with van der Waals surface area (Å²) in [6.07, 6.45) is 0.470. The molecule has 0 aliphatic rings. The molecule has 0 saturated heterocycles. The highest BCUT2D eigenvalue weighted by molar-refractivity contribution is 7.89. The molecular weight excluding hydrogens is 352 g/mol. The summed E-state index contributed by atoms with van der Waals surface area (Å²) in [5.74, 6) is 0.0369. The first-order valence-corrected chi connectivity index (χ1v) is 10.1. The Hall–Kier alpha value is -2.19. The average Bonchev–Trinajstić information content (AvgIpc) is 2.96. The van der Waals surface area contributed by atoms with Gasteiger partial charge in [0.05, 0.1) is 10.6 Å². The molecule has 26 heavy (non-hydrogen) atoms. The van der Waals surface area contributed by atoms with Crippen LogP contribution in [0.2, 0.25) is 0 Å². The van der Waals surface area contributed by atoms with Gasteiger partial charge < -0.3 is 5.32 Å². The number of aromatic nitrogens is 2. The second kappa shape index (κ2) is 8.46. The zero-order valence-corrected chi connectivity index (χ0v) is 16.4. The Morgan fingerprint density at radius 1 is 1.23 bits per heavy atom. The SMILES string of the molecule is Cc1cc(C[C@H](C)NS(=O)(=O)c2cccc(C(=O)NCC(C)C)c2)n[nH]1. The maximum atomic E-state index is 12.6. The quantitative estimate of drug-likeness (QED) is 0.653. The molecule has 1 heterocycles. The number of sulfonamides is 1. The fourth-order valence-corrected chi connectivity index (χ4v) is 3.76. The molecule has 0 aliphatic carbocycles. The monoisotopic (exact) mass is 378 g/mol. The molecule has 1 atom stereocenters. The number of carbonyl (C=O) groups is 1. The Labute approximate surface area is 154 Å². The minimum absolute atomic E-state index is 0.0692. The van der Waals surface area contributed by atoms with Gasteiger partial charge in [0.1, 0.15) is 0 Å².